The molecule has 0 aliphatic heterocycles. The van der Waals surface area contributed by atoms with Crippen LogP contribution in [0.25, 0.3) is 0 Å². The highest BCUT2D eigenvalue weighted by Gasteiger charge is 2.10. The highest BCUT2D eigenvalue weighted by Crippen LogP contribution is 1.90. The van der Waals surface area contributed by atoms with Crippen molar-refractivity contribution in [3.05, 3.63) is 0 Å². The zero-order valence-corrected chi connectivity index (χ0v) is 9.08. The Bertz CT molecular complexity index is 208. The summed E-state index contributed by atoms with van der Waals surface area (Å²) < 4.78 is 4.77. The van der Waals surface area contributed by atoms with Crippen LogP contribution in [0.3, 0.4) is 0 Å². The summed E-state index contributed by atoms with van der Waals surface area (Å²) in [7, 11) is 0. The van der Waals surface area contributed by atoms with Gasteiger partial charge in [0, 0.05) is 12.6 Å². The molecule has 0 saturated carbocycles. The maximum Gasteiger partial charge on any atom is 0.407 e. The standard InChI is InChI=1S/C9H18N2O4/c1-3-5-15-9(14)10-6-7(4-2)11-8(12)13/h7,11H,3-6H2,1-2H3,(H,10,14)(H,12,13). The van der Waals surface area contributed by atoms with Crippen LogP contribution in [0.1, 0.15) is 26.7 Å². The maximum absolute atomic E-state index is 11.0. The predicted octanol–water partition coefficient (Wildman–Crippen LogP) is 1.17. The molecular weight excluding hydrogens is 200 g/mol. The van der Waals surface area contributed by atoms with Crippen molar-refractivity contribution in [2.75, 3.05) is 13.2 Å². The highest BCUT2D eigenvalue weighted by atomic mass is 16.5. The van der Waals surface area contributed by atoms with Crippen LogP contribution in [0.5, 0.6) is 0 Å². The number of carbonyl (C=O) groups is 2. The van der Waals surface area contributed by atoms with Crippen molar-refractivity contribution in [3.8, 4) is 0 Å². The summed E-state index contributed by atoms with van der Waals surface area (Å²) in [6.07, 6.45) is -0.230. The van der Waals surface area contributed by atoms with E-state index in [9.17, 15) is 9.59 Å². The third kappa shape index (κ3) is 7.60. The van der Waals surface area contributed by atoms with Crippen molar-refractivity contribution < 1.29 is 19.4 Å². The van der Waals surface area contributed by atoms with E-state index in [4.69, 9.17) is 9.84 Å². The van der Waals surface area contributed by atoms with E-state index < -0.39 is 12.2 Å². The summed E-state index contributed by atoms with van der Waals surface area (Å²) in [4.78, 5) is 21.3. The van der Waals surface area contributed by atoms with Crippen molar-refractivity contribution >= 4 is 12.2 Å². The topological polar surface area (TPSA) is 87.7 Å². The molecule has 0 saturated heterocycles. The molecule has 6 nitrogen and oxygen atoms in total. The lowest BCUT2D eigenvalue weighted by Crippen LogP contribution is -2.42. The van der Waals surface area contributed by atoms with Crippen LogP contribution >= 0.6 is 0 Å². The Hall–Kier alpha value is -1.46. The molecule has 2 amide bonds. The fourth-order valence-corrected chi connectivity index (χ4v) is 0.924. The Balaban J connectivity index is 3.69. The fraction of sp³-hybridized carbons (Fsp3) is 0.778. The van der Waals surface area contributed by atoms with E-state index >= 15 is 0 Å². The van der Waals surface area contributed by atoms with Crippen LogP contribution in [0, 0.1) is 0 Å². The summed E-state index contributed by atoms with van der Waals surface area (Å²) in [6, 6.07) is -0.281. The first-order chi connectivity index (χ1) is 7.10. The molecule has 0 bridgehead atoms. The zero-order chi connectivity index (χ0) is 11.7. The summed E-state index contributed by atoms with van der Waals surface area (Å²) in [5, 5.41) is 13.2. The molecule has 1 unspecified atom stereocenters. The van der Waals surface area contributed by atoms with Gasteiger partial charge in [0.05, 0.1) is 6.61 Å². The second-order valence-electron chi connectivity index (χ2n) is 3.07. The number of alkyl carbamates (subject to hydrolysis) is 1. The van der Waals surface area contributed by atoms with Crippen molar-refractivity contribution in [2.24, 2.45) is 0 Å². The number of nitrogens with one attached hydrogen (secondary N) is 2. The molecule has 0 aliphatic rings. The van der Waals surface area contributed by atoms with E-state index in [1.54, 1.807) is 0 Å². The van der Waals surface area contributed by atoms with Gasteiger partial charge in [-0.3, -0.25) is 0 Å². The van der Waals surface area contributed by atoms with E-state index in [1.165, 1.54) is 0 Å². The van der Waals surface area contributed by atoms with Crippen LogP contribution in [-0.2, 0) is 4.74 Å². The SMILES string of the molecule is CCCOC(=O)NCC(CC)NC(=O)O. The monoisotopic (exact) mass is 218 g/mol. The second-order valence-corrected chi connectivity index (χ2v) is 3.07. The Kier molecular flexibility index (Phi) is 7.13. The Morgan fingerprint density at radius 3 is 2.53 bits per heavy atom. The van der Waals surface area contributed by atoms with Gasteiger partial charge < -0.3 is 20.5 Å². The maximum atomic E-state index is 11.0. The molecule has 15 heavy (non-hydrogen) atoms. The Labute approximate surface area is 89.0 Å². The van der Waals surface area contributed by atoms with Crippen LogP contribution in [-0.4, -0.2) is 36.5 Å². The first-order valence-corrected chi connectivity index (χ1v) is 5.00. The molecule has 6 heteroatoms. The molecule has 0 aromatic rings. The third-order valence-electron chi connectivity index (χ3n) is 1.75. The largest absolute Gasteiger partial charge is 0.465 e. The quantitative estimate of drug-likeness (QED) is 0.624. The van der Waals surface area contributed by atoms with Gasteiger partial charge in [0.15, 0.2) is 0 Å². The predicted molar refractivity (Wildman–Crippen MR) is 54.9 cm³/mol. The van der Waals surface area contributed by atoms with Gasteiger partial charge in [-0.15, -0.1) is 0 Å². The lowest BCUT2D eigenvalue weighted by atomic mass is 10.2. The number of ether oxygens (including phenoxy) is 1. The van der Waals surface area contributed by atoms with Crippen LogP contribution in [0.4, 0.5) is 9.59 Å². The van der Waals surface area contributed by atoms with Crippen molar-refractivity contribution in [2.45, 2.75) is 32.7 Å². The molecule has 1 atom stereocenters. The zero-order valence-electron chi connectivity index (χ0n) is 9.08. The number of rotatable bonds is 6. The number of carboxylic acid groups (broad SMARTS) is 1. The van der Waals surface area contributed by atoms with Gasteiger partial charge in [-0.25, -0.2) is 9.59 Å². The van der Waals surface area contributed by atoms with E-state index in [0.717, 1.165) is 6.42 Å². The van der Waals surface area contributed by atoms with Crippen LogP contribution in [0.15, 0.2) is 0 Å². The fourth-order valence-electron chi connectivity index (χ4n) is 0.924. The highest BCUT2D eigenvalue weighted by molar-refractivity contribution is 5.67. The van der Waals surface area contributed by atoms with E-state index in [1.807, 2.05) is 13.8 Å². The van der Waals surface area contributed by atoms with Crippen LogP contribution in [0.2, 0.25) is 0 Å². The molecular formula is C9H18N2O4. The van der Waals surface area contributed by atoms with Gasteiger partial charge in [0.25, 0.3) is 0 Å². The summed E-state index contributed by atoms with van der Waals surface area (Å²) in [5.74, 6) is 0. The van der Waals surface area contributed by atoms with Gasteiger partial charge in [-0.1, -0.05) is 13.8 Å². The first kappa shape index (κ1) is 13.5. The average Bonchev–Trinajstić information content (AvgIpc) is 2.20. The average molecular weight is 218 g/mol. The molecule has 0 aromatic carbocycles. The number of carbonyl (C=O) groups excluding carboxylic acids is 1. The Morgan fingerprint density at radius 2 is 2.07 bits per heavy atom. The van der Waals surface area contributed by atoms with Crippen molar-refractivity contribution in [3.63, 3.8) is 0 Å². The molecule has 0 radical (unpaired) electrons. The Morgan fingerprint density at radius 1 is 1.40 bits per heavy atom. The smallest absolute Gasteiger partial charge is 0.407 e. The molecule has 88 valence electrons. The van der Waals surface area contributed by atoms with Crippen molar-refractivity contribution in [1.82, 2.24) is 10.6 Å². The molecule has 0 aliphatic carbocycles. The molecule has 0 heterocycles. The molecule has 0 spiro atoms. The summed E-state index contributed by atoms with van der Waals surface area (Å²) in [5.41, 5.74) is 0. The van der Waals surface area contributed by atoms with E-state index in [2.05, 4.69) is 10.6 Å². The van der Waals surface area contributed by atoms with Crippen molar-refractivity contribution in [1.29, 1.82) is 0 Å². The number of hydrogen-bond donors (Lipinski definition) is 3. The summed E-state index contributed by atoms with van der Waals surface area (Å²) >= 11 is 0. The van der Waals surface area contributed by atoms with Gasteiger partial charge in [-0.2, -0.15) is 0 Å². The van der Waals surface area contributed by atoms with E-state index in [-0.39, 0.29) is 12.6 Å². The normalized spacial score (nSPS) is 11.6. The number of amides is 2. The minimum absolute atomic E-state index is 0.241. The molecule has 0 aromatic heterocycles. The molecule has 0 rings (SSSR count). The molecule has 0 fully saturated rings. The third-order valence-corrected chi connectivity index (χ3v) is 1.75. The lowest BCUT2D eigenvalue weighted by molar-refractivity contribution is 0.144. The van der Waals surface area contributed by atoms with E-state index in [0.29, 0.717) is 13.0 Å². The minimum Gasteiger partial charge on any atom is -0.465 e. The lowest BCUT2D eigenvalue weighted by Gasteiger charge is -2.15. The summed E-state index contributed by atoms with van der Waals surface area (Å²) in [6.45, 7) is 4.34. The minimum atomic E-state index is -1.09. The van der Waals surface area contributed by atoms with Gasteiger partial charge in [0.1, 0.15) is 0 Å². The van der Waals surface area contributed by atoms with Gasteiger partial charge in [-0.05, 0) is 12.8 Å². The first-order valence-electron chi connectivity index (χ1n) is 5.00. The van der Waals surface area contributed by atoms with Crippen LogP contribution < -0.4 is 10.6 Å². The van der Waals surface area contributed by atoms with Gasteiger partial charge >= 0.3 is 12.2 Å². The molecule has 3 N–H and O–H groups in total. The van der Waals surface area contributed by atoms with Gasteiger partial charge in [0.2, 0.25) is 0 Å². The second kappa shape index (κ2) is 7.90. The number of hydrogen-bond acceptors (Lipinski definition) is 3.